The monoisotopic (exact) mass is 739 g/mol. The van der Waals surface area contributed by atoms with E-state index in [0.717, 1.165) is 55.9 Å². The molecule has 11 rings (SSSR count). The van der Waals surface area contributed by atoms with E-state index in [4.69, 9.17) is 4.42 Å². The molecule has 0 saturated heterocycles. The third-order valence-electron chi connectivity index (χ3n) is 11.5. The summed E-state index contributed by atoms with van der Waals surface area (Å²) in [6.45, 7) is 0. The number of nitrogens with zero attached hydrogens (tertiary/aromatic N) is 1. The van der Waals surface area contributed by atoms with Gasteiger partial charge in [-0.25, -0.2) is 0 Å². The topological polar surface area (TPSA) is 16.4 Å². The number of rotatable bonds is 7. The smallest absolute Gasteiger partial charge is 0.136 e. The van der Waals surface area contributed by atoms with Gasteiger partial charge in [-0.15, -0.1) is 0 Å². The predicted molar refractivity (Wildman–Crippen MR) is 245 cm³/mol. The van der Waals surface area contributed by atoms with Crippen molar-refractivity contribution in [1.82, 2.24) is 0 Å². The molecule has 0 unspecified atom stereocenters. The average Bonchev–Trinajstić information content (AvgIpc) is 3.69. The Kier molecular flexibility index (Phi) is 8.19. The molecule has 10 aromatic carbocycles. The lowest BCUT2D eigenvalue weighted by molar-refractivity contribution is 0.669. The van der Waals surface area contributed by atoms with Gasteiger partial charge in [0.25, 0.3) is 0 Å². The summed E-state index contributed by atoms with van der Waals surface area (Å²) in [4.78, 5) is 2.43. The third kappa shape index (κ3) is 5.82. The quantitative estimate of drug-likeness (QED) is 0.162. The van der Waals surface area contributed by atoms with Crippen LogP contribution in [0.1, 0.15) is 0 Å². The van der Waals surface area contributed by atoms with Crippen LogP contribution in [0.25, 0.3) is 88.0 Å². The molecule has 0 spiro atoms. The second-order valence-corrected chi connectivity index (χ2v) is 14.9. The van der Waals surface area contributed by atoms with Crippen LogP contribution in [0.5, 0.6) is 0 Å². The first-order chi connectivity index (χ1) is 28.8. The van der Waals surface area contributed by atoms with E-state index < -0.39 is 0 Å². The largest absolute Gasteiger partial charge is 0.456 e. The minimum atomic E-state index is 0.915. The van der Waals surface area contributed by atoms with E-state index >= 15 is 0 Å². The number of anilines is 3. The van der Waals surface area contributed by atoms with Gasteiger partial charge in [0.05, 0.1) is 11.4 Å². The lowest BCUT2D eigenvalue weighted by Crippen LogP contribution is -2.12. The Balaban J connectivity index is 1.10. The van der Waals surface area contributed by atoms with Gasteiger partial charge in [0, 0.05) is 27.6 Å². The Labute approximate surface area is 337 Å². The van der Waals surface area contributed by atoms with Crippen LogP contribution in [0.3, 0.4) is 0 Å². The number of para-hydroxylation sites is 2. The number of hydrogen-bond acceptors (Lipinski definition) is 2. The van der Waals surface area contributed by atoms with Crippen molar-refractivity contribution < 1.29 is 4.42 Å². The first-order valence-corrected chi connectivity index (χ1v) is 19.8. The van der Waals surface area contributed by atoms with Gasteiger partial charge in [-0.1, -0.05) is 176 Å². The predicted octanol–water partition coefficient (Wildman–Crippen LogP) is 16.0. The molecule has 0 saturated carbocycles. The van der Waals surface area contributed by atoms with E-state index in [9.17, 15) is 0 Å². The SMILES string of the molecule is c1ccc(-c2ccccc2N(c2ccc(-c3cccc4ccccc34)cc2)c2ccc(-c3ccc4c(ccc5oc6ccccc6c54)c3)cc2-c2ccccc2)cc1. The Morgan fingerprint density at radius 2 is 0.879 bits per heavy atom. The molecule has 272 valence electrons. The van der Waals surface area contributed by atoms with Gasteiger partial charge in [0.15, 0.2) is 0 Å². The second-order valence-electron chi connectivity index (χ2n) is 14.9. The van der Waals surface area contributed by atoms with E-state index in [1.54, 1.807) is 0 Å². The molecule has 0 bridgehead atoms. The van der Waals surface area contributed by atoms with Crippen molar-refractivity contribution in [2.24, 2.45) is 0 Å². The first-order valence-electron chi connectivity index (χ1n) is 19.8. The van der Waals surface area contributed by atoms with E-state index in [2.05, 4.69) is 217 Å². The van der Waals surface area contributed by atoms with Gasteiger partial charge < -0.3 is 9.32 Å². The Morgan fingerprint density at radius 1 is 0.293 bits per heavy atom. The van der Waals surface area contributed by atoms with Gasteiger partial charge in [-0.2, -0.15) is 0 Å². The molecule has 1 heterocycles. The van der Waals surface area contributed by atoms with E-state index in [1.165, 1.54) is 49.2 Å². The van der Waals surface area contributed by atoms with Crippen molar-refractivity contribution in [3.8, 4) is 44.5 Å². The molecule has 1 aromatic heterocycles. The van der Waals surface area contributed by atoms with Crippen molar-refractivity contribution in [2.75, 3.05) is 4.90 Å². The highest BCUT2D eigenvalue weighted by Crippen LogP contribution is 2.47. The number of hydrogen-bond donors (Lipinski definition) is 0. The van der Waals surface area contributed by atoms with Gasteiger partial charge in [-0.05, 0) is 103 Å². The van der Waals surface area contributed by atoms with Gasteiger partial charge in [0.1, 0.15) is 11.2 Å². The minimum absolute atomic E-state index is 0.915. The van der Waals surface area contributed by atoms with E-state index in [1.807, 2.05) is 12.1 Å². The second kappa shape index (κ2) is 14.1. The molecule has 0 atom stereocenters. The van der Waals surface area contributed by atoms with Crippen LogP contribution in [-0.2, 0) is 0 Å². The molecule has 58 heavy (non-hydrogen) atoms. The minimum Gasteiger partial charge on any atom is -0.456 e. The molecule has 2 nitrogen and oxygen atoms in total. The highest BCUT2D eigenvalue weighted by molar-refractivity contribution is 6.19. The zero-order valence-electron chi connectivity index (χ0n) is 31.7. The van der Waals surface area contributed by atoms with E-state index in [0.29, 0.717) is 0 Å². The van der Waals surface area contributed by atoms with Crippen LogP contribution in [-0.4, -0.2) is 0 Å². The summed E-state index contributed by atoms with van der Waals surface area (Å²) >= 11 is 0. The maximum atomic E-state index is 6.23. The number of fused-ring (bicyclic) bond motifs is 6. The zero-order chi connectivity index (χ0) is 38.4. The molecule has 0 radical (unpaired) electrons. The Hall–Kier alpha value is -7.68. The number of furan rings is 1. The molecule has 0 aliphatic carbocycles. The molecule has 2 heteroatoms. The van der Waals surface area contributed by atoms with Crippen LogP contribution in [0.2, 0.25) is 0 Å². The van der Waals surface area contributed by atoms with Crippen LogP contribution in [0.15, 0.2) is 229 Å². The zero-order valence-corrected chi connectivity index (χ0v) is 31.7. The molecule has 0 amide bonds. The molecule has 0 aliphatic heterocycles. The van der Waals surface area contributed by atoms with Crippen molar-refractivity contribution in [2.45, 2.75) is 0 Å². The Bertz CT molecular complexity index is 3270. The molecular formula is C56H37NO. The molecule has 0 aliphatic rings. The lowest BCUT2D eigenvalue weighted by Gasteiger charge is -2.30. The van der Waals surface area contributed by atoms with Crippen molar-refractivity contribution in [1.29, 1.82) is 0 Å². The van der Waals surface area contributed by atoms with Crippen LogP contribution in [0.4, 0.5) is 17.1 Å². The Morgan fingerprint density at radius 3 is 1.71 bits per heavy atom. The van der Waals surface area contributed by atoms with E-state index in [-0.39, 0.29) is 0 Å². The summed E-state index contributed by atoms with van der Waals surface area (Å²) in [6, 6.07) is 80.8. The maximum Gasteiger partial charge on any atom is 0.136 e. The van der Waals surface area contributed by atoms with Crippen LogP contribution < -0.4 is 4.90 Å². The summed E-state index contributed by atoms with van der Waals surface area (Å²) in [7, 11) is 0. The van der Waals surface area contributed by atoms with Crippen LogP contribution in [0, 0.1) is 0 Å². The first kappa shape index (κ1) is 33.6. The maximum absolute atomic E-state index is 6.23. The van der Waals surface area contributed by atoms with Crippen LogP contribution >= 0.6 is 0 Å². The standard InChI is InChI=1S/C56H37NO/c1-3-14-39(15-4-1)48-21-9-11-24-52(48)57(45-31-26-41(27-32-45)47-23-13-19-38-18-7-8-20-46(38)47)53-34-29-43(37-51(53)40-16-5-2-6-17-40)42-28-33-49-44(36-42)30-35-55-56(49)50-22-10-12-25-54(50)58-55/h1-37H. The lowest BCUT2D eigenvalue weighted by atomic mass is 9.93. The number of benzene rings is 10. The highest BCUT2D eigenvalue weighted by atomic mass is 16.3. The molecule has 0 fully saturated rings. The van der Waals surface area contributed by atoms with Crippen molar-refractivity contribution >= 4 is 60.5 Å². The fourth-order valence-electron chi connectivity index (χ4n) is 8.70. The summed E-state index contributed by atoms with van der Waals surface area (Å²) < 4.78 is 6.23. The summed E-state index contributed by atoms with van der Waals surface area (Å²) in [6.07, 6.45) is 0. The fourth-order valence-corrected chi connectivity index (χ4v) is 8.70. The van der Waals surface area contributed by atoms with Crippen molar-refractivity contribution in [3.63, 3.8) is 0 Å². The summed E-state index contributed by atoms with van der Waals surface area (Å²) in [5.74, 6) is 0. The van der Waals surface area contributed by atoms with Crippen molar-refractivity contribution in [3.05, 3.63) is 224 Å². The third-order valence-corrected chi connectivity index (χ3v) is 11.5. The summed E-state index contributed by atoms with van der Waals surface area (Å²) in [5.41, 5.74) is 14.5. The molecular weight excluding hydrogens is 703 g/mol. The molecule has 11 aromatic rings. The fraction of sp³-hybridized carbons (Fsp3) is 0. The van der Waals surface area contributed by atoms with Gasteiger partial charge in [0.2, 0.25) is 0 Å². The average molecular weight is 740 g/mol. The van der Waals surface area contributed by atoms with Gasteiger partial charge in [-0.3, -0.25) is 0 Å². The summed E-state index contributed by atoms with van der Waals surface area (Å²) in [5, 5.41) is 7.19. The van der Waals surface area contributed by atoms with Gasteiger partial charge >= 0.3 is 0 Å². The molecule has 0 N–H and O–H groups in total. The normalized spacial score (nSPS) is 11.4. The highest BCUT2D eigenvalue weighted by Gasteiger charge is 2.22.